The second kappa shape index (κ2) is 29.5. The Hall–Kier alpha value is 1.08. The van der Waals surface area contributed by atoms with Crippen molar-refractivity contribution in [3.05, 3.63) is 0 Å². The van der Waals surface area contributed by atoms with Crippen molar-refractivity contribution in [2.24, 2.45) is 0 Å². The number of aliphatic hydroxyl groups is 1. The molecule has 0 aromatic carbocycles. The van der Waals surface area contributed by atoms with Crippen LogP contribution in [0.15, 0.2) is 0 Å². The van der Waals surface area contributed by atoms with Gasteiger partial charge in [0.1, 0.15) is 18.2 Å². The molecule has 1 saturated heterocycles. The van der Waals surface area contributed by atoms with Crippen molar-refractivity contribution in [2.75, 3.05) is 6.61 Å². The third kappa shape index (κ3) is 25.1. The predicted molar refractivity (Wildman–Crippen MR) is 167 cm³/mol. The quantitative estimate of drug-likeness (QED) is 0.0318. The van der Waals surface area contributed by atoms with Gasteiger partial charge in [0.2, 0.25) is 5.91 Å². The Morgan fingerprint density at radius 3 is 1.52 bits per heavy atom. The summed E-state index contributed by atoms with van der Waals surface area (Å²) >= 11 is 0. The standard InChI is InChI=1S/C30H59NO13P2.2Na/c1-3-5-7-9-11-13-15-17-19-21-25(33)31-27-29(42-26(34)22-20-18-16-14-12-10-8-6-4-2)28(43-45(35,36)37)24(23-32)41-30(27)44-46(38,39)40;;/h24,27-30,32H,3-23H2,1-2H3,(H,31,33)(H2,35,36,37)(H2,38,39,40);;/q;2*+1/p-2/t24-,27-,28-,29-,30-;;/m1../s1. The molecule has 0 saturated carbocycles. The molecule has 0 bridgehead atoms. The van der Waals surface area contributed by atoms with Crippen LogP contribution in [0.3, 0.4) is 0 Å². The van der Waals surface area contributed by atoms with Crippen LogP contribution < -0.4 is 74.2 Å². The molecule has 48 heavy (non-hydrogen) atoms. The summed E-state index contributed by atoms with van der Waals surface area (Å²) in [6.45, 7) is 3.32. The predicted octanol–water partition coefficient (Wildman–Crippen LogP) is -1.73. The van der Waals surface area contributed by atoms with Gasteiger partial charge in [0.15, 0.2) is 12.4 Å². The normalized spacial score (nSPS) is 23.2. The number of phosphoric acid groups is 2. The number of ether oxygens (including phenoxy) is 2. The molecule has 1 heterocycles. The summed E-state index contributed by atoms with van der Waals surface area (Å²) in [7, 11) is -11.0. The van der Waals surface area contributed by atoms with E-state index in [0.717, 1.165) is 70.6 Å². The fraction of sp³-hybridized carbons (Fsp3) is 0.933. The van der Waals surface area contributed by atoms with Crippen molar-refractivity contribution < 1.29 is 121 Å². The SMILES string of the molecule is CCCCCCCCCCCC(=O)N[C@H]1[C@@H](OP(=O)([O-])O)O[C@H](CO)[C@@H](OP(=O)([O-])O)[C@@H]1OC(=O)CCCCCCCCCCC.[Na+].[Na+]. The minimum Gasteiger partial charge on any atom is -0.756 e. The number of nitrogens with one attached hydrogen (secondary N) is 1. The van der Waals surface area contributed by atoms with E-state index in [1.54, 1.807) is 0 Å². The number of aliphatic hydroxyl groups excluding tert-OH is 1. The van der Waals surface area contributed by atoms with E-state index in [0.29, 0.717) is 12.8 Å². The van der Waals surface area contributed by atoms with Crippen molar-refractivity contribution >= 4 is 27.5 Å². The zero-order valence-corrected chi connectivity index (χ0v) is 35.3. The number of unbranched alkanes of at least 4 members (excludes halogenated alkanes) is 16. The topological polar surface area (TPSA) is 224 Å². The van der Waals surface area contributed by atoms with E-state index >= 15 is 0 Å². The maximum atomic E-state index is 12.9. The fourth-order valence-corrected chi connectivity index (χ4v) is 6.50. The second-order valence-corrected chi connectivity index (χ2v) is 14.3. The Labute approximate surface area is 331 Å². The Balaban J connectivity index is 0. The number of esters is 1. The maximum absolute atomic E-state index is 12.9. The summed E-state index contributed by atoms with van der Waals surface area (Å²) in [6, 6.07) is -1.69. The van der Waals surface area contributed by atoms with Gasteiger partial charge in [0.05, 0.1) is 6.61 Å². The van der Waals surface area contributed by atoms with Gasteiger partial charge in [-0.1, -0.05) is 117 Å². The number of amides is 1. The van der Waals surface area contributed by atoms with Crippen LogP contribution in [0.2, 0.25) is 0 Å². The fourth-order valence-electron chi connectivity index (χ4n) is 5.49. The van der Waals surface area contributed by atoms with Crippen LogP contribution in [0.1, 0.15) is 142 Å². The molecule has 1 amide bonds. The van der Waals surface area contributed by atoms with Crippen LogP contribution in [0.5, 0.6) is 0 Å². The van der Waals surface area contributed by atoms with Crippen molar-refractivity contribution in [3.8, 4) is 0 Å². The first-order valence-corrected chi connectivity index (χ1v) is 20.0. The van der Waals surface area contributed by atoms with E-state index in [9.17, 15) is 43.4 Å². The number of carbonyl (C=O) groups excluding carboxylic acids is 2. The van der Waals surface area contributed by atoms with Crippen molar-refractivity contribution in [1.29, 1.82) is 0 Å². The monoisotopic (exact) mass is 747 g/mol. The van der Waals surface area contributed by atoms with Crippen molar-refractivity contribution in [2.45, 2.75) is 173 Å². The van der Waals surface area contributed by atoms with E-state index in [1.165, 1.54) is 32.1 Å². The molecule has 1 aliphatic heterocycles. The molecule has 0 aromatic heterocycles. The average Bonchev–Trinajstić information content (AvgIpc) is 2.96. The van der Waals surface area contributed by atoms with Crippen LogP contribution in [-0.4, -0.2) is 64.0 Å². The molecule has 0 aromatic rings. The maximum Gasteiger partial charge on any atom is 1.00 e. The number of hydrogen-bond acceptors (Lipinski definition) is 11. The zero-order chi connectivity index (χ0) is 34.4. The summed E-state index contributed by atoms with van der Waals surface area (Å²) < 4.78 is 43.6. The average molecular weight is 748 g/mol. The molecule has 14 nitrogen and oxygen atoms in total. The molecule has 0 radical (unpaired) electrons. The first kappa shape index (κ1) is 51.2. The molecule has 18 heteroatoms. The number of phosphoric ester groups is 2. The smallest absolute Gasteiger partial charge is 0.756 e. The van der Waals surface area contributed by atoms with Crippen LogP contribution in [0.25, 0.3) is 0 Å². The minimum atomic E-state index is -5.52. The zero-order valence-electron chi connectivity index (χ0n) is 29.6. The third-order valence-corrected chi connectivity index (χ3v) is 8.89. The van der Waals surface area contributed by atoms with E-state index in [-0.39, 0.29) is 72.0 Å². The van der Waals surface area contributed by atoms with Crippen LogP contribution in [0, 0.1) is 0 Å². The molecule has 1 fully saturated rings. The molecule has 0 spiro atoms. The molecule has 7 atom stereocenters. The number of rotatable bonds is 27. The molecule has 1 rings (SSSR count). The van der Waals surface area contributed by atoms with E-state index in [4.69, 9.17) is 14.0 Å². The Bertz CT molecular complexity index is 940. The first-order chi connectivity index (χ1) is 21.8. The molecular formula is C30H57NNa2O13P2. The molecule has 272 valence electrons. The van der Waals surface area contributed by atoms with E-state index < -0.39 is 64.8 Å². The Morgan fingerprint density at radius 1 is 0.688 bits per heavy atom. The van der Waals surface area contributed by atoms with Crippen LogP contribution in [0.4, 0.5) is 0 Å². The Kier molecular flexibility index (Phi) is 31.5. The molecule has 4 N–H and O–H groups in total. The van der Waals surface area contributed by atoms with Gasteiger partial charge in [-0.15, -0.1) is 0 Å². The summed E-state index contributed by atoms with van der Waals surface area (Å²) in [5.41, 5.74) is 0. The second-order valence-electron chi connectivity index (χ2n) is 12.0. The number of hydrogen-bond donors (Lipinski definition) is 4. The Morgan fingerprint density at radius 2 is 1.10 bits per heavy atom. The van der Waals surface area contributed by atoms with Gasteiger partial charge in [-0.25, -0.2) is 0 Å². The van der Waals surface area contributed by atoms with Crippen LogP contribution in [-0.2, 0) is 37.2 Å². The molecule has 2 unspecified atom stereocenters. The van der Waals surface area contributed by atoms with E-state index in [2.05, 4.69) is 23.7 Å². The van der Waals surface area contributed by atoms with Gasteiger partial charge in [-0.3, -0.25) is 23.2 Å². The van der Waals surface area contributed by atoms with Crippen molar-refractivity contribution in [1.82, 2.24) is 5.32 Å². The van der Waals surface area contributed by atoms with Gasteiger partial charge >= 0.3 is 65.1 Å². The first-order valence-electron chi connectivity index (χ1n) is 17.0. The minimum absolute atomic E-state index is 0. The van der Waals surface area contributed by atoms with E-state index in [1.807, 2.05) is 0 Å². The van der Waals surface area contributed by atoms with Gasteiger partial charge in [-0.2, -0.15) is 0 Å². The summed E-state index contributed by atoms with van der Waals surface area (Å²) in [6.07, 6.45) is 10.5. The van der Waals surface area contributed by atoms with Gasteiger partial charge in [0.25, 0.3) is 15.6 Å². The largest absolute Gasteiger partial charge is 1.00 e. The molecular weight excluding hydrogens is 690 g/mol. The summed E-state index contributed by atoms with van der Waals surface area (Å²) in [5, 5.41) is 12.3. The third-order valence-electron chi connectivity index (χ3n) is 7.91. The van der Waals surface area contributed by atoms with Gasteiger partial charge in [0, 0.05) is 12.8 Å². The summed E-state index contributed by atoms with van der Waals surface area (Å²) in [5.74, 6) is -1.43. The molecule has 1 aliphatic rings. The molecule has 0 aliphatic carbocycles. The number of carbonyl (C=O) groups is 2. The van der Waals surface area contributed by atoms with Crippen LogP contribution >= 0.6 is 15.6 Å². The van der Waals surface area contributed by atoms with Gasteiger partial charge in [-0.05, 0) is 12.8 Å². The van der Waals surface area contributed by atoms with Gasteiger partial charge < -0.3 is 44.0 Å². The summed E-state index contributed by atoms with van der Waals surface area (Å²) in [4.78, 5) is 68.0. The van der Waals surface area contributed by atoms with Crippen molar-refractivity contribution in [3.63, 3.8) is 0 Å².